The van der Waals surface area contributed by atoms with Crippen LogP contribution in [0.1, 0.15) is 19.8 Å². The molecule has 2 aromatic carbocycles. The van der Waals surface area contributed by atoms with Gasteiger partial charge in [0.2, 0.25) is 21.8 Å². The minimum atomic E-state index is -3.66. The summed E-state index contributed by atoms with van der Waals surface area (Å²) >= 11 is 0. The molecule has 1 fully saturated rings. The fourth-order valence-electron chi connectivity index (χ4n) is 3.46. The Balaban J connectivity index is 1.60. The summed E-state index contributed by atoms with van der Waals surface area (Å²) < 4.78 is 32.2. The van der Waals surface area contributed by atoms with Crippen LogP contribution in [-0.4, -0.2) is 50.8 Å². The van der Waals surface area contributed by atoms with Crippen molar-refractivity contribution < 1.29 is 22.7 Å². The molecule has 0 spiro atoms. The zero-order valence-corrected chi connectivity index (χ0v) is 18.4. The van der Waals surface area contributed by atoms with Crippen LogP contribution in [0.15, 0.2) is 59.5 Å². The Hall–Kier alpha value is -2.91. The number of sulfonamides is 1. The van der Waals surface area contributed by atoms with Gasteiger partial charge < -0.3 is 15.4 Å². The molecule has 0 saturated carbocycles. The summed E-state index contributed by atoms with van der Waals surface area (Å²) in [6.45, 7) is 2.05. The first-order valence-corrected chi connectivity index (χ1v) is 11.6. The molecule has 1 aliphatic rings. The van der Waals surface area contributed by atoms with E-state index in [1.165, 1.54) is 11.4 Å². The van der Waals surface area contributed by atoms with Gasteiger partial charge in [0.25, 0.3) is 0 Å². The van der Waals surface area contributed by atoms with Crippen LogP contribution in [0.25, 0.3) is 0 Å². The SMILES string of the molecule is COc1cccc(NC(=O)[C@H](C)NC(=O)[C@@H]2CCCN(S(=O)(=O)c3ccccc3)C2)c1. The number of methoxy groups -OCH3 is 1. The molecule has 3 rings (SSSR count). The van der Waals surface area contributed by atoms with Gasteiger partial charge in [0.05, 0.1) is 17.9 Å². The molecule has 2 aromatic rings. The van der Waals surface area contributed by atoms with Gasteiger partial charge in [0, 0.05) is 24.8 Å². The second-order valence-corrected chi connectivity index (χ2v) is 9.40. The van der Waals surface area contributed by atoms with Gasteiger partial charge in [-0.1, -0.05) is 24.3 Å². The molecule has 0 aliphatic carbocycles. The highest BCUT2D eigenvalue weighted by atomic mass is 32.2. The Morgan fingerprint density at radius 2 is 1.87 bits per heavy atom. The van der Waals surface area contributed by atoms with Gasteiger partial charge in [-0.25, -0.2) is 8.42 Å². The lowest BCUT2D eigenvalue weighted by Crippen LogP contribution is -2.49. The number of ether oxygens (including phenoxy) is 1. The van der Waals surface area contributed by atoms with Gasteiger partial charge in [-0.2, -0.15) is 4.31 Å². The number of hydrogen-bond donors (Lipinski definition) is 2. The summed E-state index contributed by atoms with van der Waals surface area (Å²) in [6.07, 6.45) is 1.14. The number of benzene rings is 2. The zero-order chi connectivity index (χ0) is 22.4. The van der Waals surface area contributed by atoms with Gasteiger partial charge >= 0.3 is 0 Å². The predicted molar refractivity (Wildman–Crippen MR) is 117 cm³/mol. The van der Waals surface area contributed by atoms with Crippen LogP contribution in [0.5, 0.6) is 5.75 Å². The summed E-state index contributed by atoms with van der Waals surface area (Å²) in [4.78, 5) is 25.4. The second-order valence-electron chi connectivity index (χ2n) is 7.47. The topological polar surface area (TPSA) is 105 Å². The van der Waals surface area contributed by atoms with Gasteiger partial charge in [-0.05, 0) is 44.0 Å². The number of nitrogens with zero attached hydrogens (tertiary/aromatic N) is 1. The van der Waals surface area contributed by atoms with Crippen LogP contribution in [0.3, 0.4) is 0 Å². The fourth-order valence-corrected chi connectivity index (χ4v) is 5.01. The van der Waals surface area contributed by atoms with Crippen molar-refractivity contribution in [1.82, 2.24) is 9.62 Å². The monoisotopic (exact) mass is 445 g/mol. The van der Waals surface area contributed by atoms with E-state index in [-0.39, 0.29) is 23.3 Å². The number of nitrogens with one attached hydrogen (secondary N) is 2. The third kappa shape index (κ3) is 5.62. The highest BCUT2D eigenvalue weighted by molar-refractivity contribution is 7.89. The average Bonchev–Trinajstić information content (AvgIpc) is 2.79. The Morgan fingerprint density at radius 1 is 1.13 bits per heavy atom. The average molecular weight is 446 g/mol. The van der Waals surface area contributed by atoms with E-state index in [0.29, 0.717) is 30.8 Å². The molecule has 166 valence electrons. The van der Waals surface area contributed by atoms with Crippen LogP contribution in [-0.2, 0) is 19.6 Å². The van der Waals surface area contributed by atoms with Crippen LogP contribution in [0.2, 0.25) is 0 Å². The molecule has 9 heteroatoms. The lowest BCUT2D eigenvalue weighted by atomic mass is 9.98. The summed E-state index contributed by atoms with van der Waals surface area (Å²) in [5.41, 5.74) is 0.559. The van der Waals surface area contributed by atoms with E-state index < -0.39 is 22.0 Å². The fraction of sp³-hybridized carbons (Fsp3) is 0.364. The summed E-state index contributed by atoms with van der Waals surface area (Å²) in [7, 11) is -2.12. The third-order valence-electron chi connectivity index (χ3n) is 5.23. The predicted octanol–water partition coefficient (Wildman–Crippen LogP) is 2.24. The zero-order valence-electron chi connectivity index (χ0n) is 17.6. The Labute approximate surface area is 182 Å². The number of carbonyl (C=O) groups is 2. The summed E-state index contributed by atoms with van der Waals surface area (Å²) in [5, 5.41) is 5.45. The van der Waals surface area contributed by atoms with E-state index >= 15 is 0 Å². The lowest BCUT2D eigenvalue weighted by molar-refractivity contribution is -0.129. The molecule has 0 unspecified atom stereocenters. The van der Waals surface area contributed by atoms with Crippen LogP contribution in [0.4, 0.5) is 5.69 Å². The quantitative estimate of drug-likeness (QED) is 0.680. The Morgan fingerprint density at radius 3 is 2.58 bits per heavy atom. The molecule has 2 N–H and O–H groups in total. The molecule has 2 amide bonds. The van der Waals surface area contributed by atoms with Crippen molar-refractivity contribution in [3.8, 4) is 5.75 Å². The molecule has 1 aliphatic heterocycles. The molecule has 1 saturated heterocycles. The first-order valence-electron chi connectivity index (χ1n) is 10.1. The molecule has 0 bridgehead atoms. The van der Waals surface area contributed by atoms with E-state index in [1.54, 1.807) is 61.5 Å². The molecular weight excluding hydrogens is 418 g/mol. The highest BCUT2D eigenvalue weighted by Gasteiger charge is 2.34. The van der Waals surface area contributed by atoms with Crippen molar-refractivity contribution in [3.05, 3.63) is 54.6 Å². The molecule has 8 nitrogen and oxygen atoms in total. The molecular formula is C22H27N3O5S. The molecule has 1 heterocycles. The minimum Gasteiger partial charge on any atom is -0.497 e. The maximum absolute atomic E-state index is 12.9. The van der Waals surface area contributed by atoms with Crippen molar-refractivity contribution in [1.29, 1.82) is 0 Å². The molecule has 31 heavy (non-hydrogen) atoms. The van der Waals surface area contributed by atoms with E-state index in [4.69, 9.17) is 4.74 Å². The summed E-state index contributed by atoms with van der Waals surface area (Å²) in [6, 6.07) is 14.3. The van der Waals surface area contributed by atoms with E-state index in [1.807, 2.05) is 0 Å². The molecule has 0 aromatic heterocycles. The van der Waals surface area contributed by atoms with Crippen molar-refractivity contribution in [2.24, 2.45) is 5.92 Å². The van der Waals surface area contributed by atoms with E-state index in [9.17, 15) is 18.0 Å². The minimum absolute atomic E-state index is 0.0906. The Bertz CT molecular complexity index is 1030. The number of carbonyl (C=O) groups excluding carboxylic acids is 2. The molecule has 2 atom stereocenters. The van der Waals surface area contributed by atoms with Crippen LogP contribution < -0.4 is 15.4 Å². The molecule has 0 radical (unpaired) electrons. The third-order valence-corrected chi connectivity index (χ3v) is 7.10. The van der Waals surface area contributed by atoms with E-state index in [0.717, 1.165) is 0 Å². The van der Waals surface area contributed by atoms with Crippen molar-refractivity contribution in [3.63, 3.8) is 0 Å². The standard InChI is InChI=1S/C22H27N3O5S/c1-16(21(26)24-18-9-6-10-19(14-18)30-2)23-22(27)17-8-7-13-25(15-17)31(28,29)20-11-4-3-5-12-20/h3-6,9-12,14,16-17H,7-8,13,15H2,1-2H3,(H,23,27)(H,24,26)/t16-,17+/m0/s1. The summed E-state index contributed by atoms with van der Waals surface area (Å²) in [5.74, 6) is -0.608. The van der Waals surface area contributed by atoms with Crippen molar-refractivity contribution >= 4 is 27.5 Å². The highest BCUT2D eigenvalue weighted by Crippen LogP contribution is 2.24. The van der Waals surface area contributed by atoms with E-state index in [2.05, 4.69) is 10.6 Å². The van der Waals surface area contributed by atoms with Crippen LogP contribution in [0, 0.1) is 5.92 Å². The maximum atomic E-state index is 12.9. The number of hydrogen-bond acceptors (Lipinski definition) is 5. The lowest BCUT2D eigenvalue weighted by Gasteiger charge is -2.31. The smallest absolute Gasteiger partial charge is 0.246 e. The first-order chi connectivity index (χ1) is 14.8. The Kier molecular flexibility index (Phi) is 7.29. The van der Waals surface area contributed by atoms with Crippen LogP contribution >= 0.6 is 0 Å². The van der Waals surface area contributed by atoms with Gasteiger partial charge in [0.1, 0.15) is 11.8 Å². The number of anilines is 1. The normalized spacial score (nSPS) is 18.1. The number of amides is 2. The number of rotatable bonds is 7. The largest absolute Gasteiger partial charge is 0.497 e. The van der Waals surface area contributed by atoms with Crippen molar-refractivity contribution in [2.75, 3.05) is 25.5 Å². The number of piperidine rings is 1. The first kappa shape index (κ1) is 22.8. The maximum Gasteiger partial charge on any atom is 0.246 e. The van der Waals surface area contributed by atoms with Gasteiger partial charge in [-0.15, -0.1) is 0 Å². The van der Waals surface area contributed by atoms with Gasteiger partial charge in [0.15, 0.2) is 0 Å². The van der Waals surface area contributed by atoms with Gasteiger partial charge in [-0.3, -0.25) is 9.59 Å². The van der Waals surface area contributed by atoms with Crippen molar-refractivity contribution in [2.45, 2.75) is 30.7 Å². The second kappa shape index (κ2) is 9.93.